The predicted molar refractivity (Wildman–Crippen MR) is 108 cm³/mol. The Labute approximate surface area is 166 Å². The van der Waals surface area contributed by atoms with E-state index in [-0.39, 0.29) is 17.5 Å². The number of amides is 1. The van der Waals surface area contributed by atoms with E-state index >= 15 is 0 Å². The van der Waals surface area contributed by atoms with Crippen molar-refractivity contribution in [2.75, 3.05) is 13.6 Å². The van der Waals surface area contributed by atoms with E-state index < -0.39 is 21.7 Å². The number of rotatable bonds is 8. The van der Waals surface area contributed by atoms with Crippen molar-refractivity contribution in [3.63, 3.8) is 0 Å². The predicted octanol–water partition coefficient (Wildman–Crippen LogP) is 3.52. The number of halogens is 1. The van der Waals surface area contributed by atoms with Crippen LogP contribution in [-0.4, -0.2) is 32.2 Å². The summed E-state index contributed by atoms with van der Waals surface area (Å²) in [4.78, 5) is 12.2. The van der Waals surface area contributed by atoms with E-state index in [0.29, 0.717) is 5.92 Å². The highest BCUT2D eigenvalue weighted by atomic mass is 32.2. The number of carbonyl (C=O) groups excluding carboxylic acids is 1. The maximum atomic E-state index is 13.0. The monoisotopic (exact) mass is 406 g/mol. The standard InChI is InChI=1S/C21H27FN2O3S/c1-15(2)13-17-5-7-18(8-6-17)16(3)23-21(25)14-24(4)28(26,27)20-11-9-19(22)10-12-20/h5-12,15-16H,13-14H2,1-4H3,(H,23,25)/t16-/m1/s1. The Morgan fingerprint density at radius 1 is 1.04 bits per heavy atom. The normalized spacial score (nSPS) is 13.0. The van der Waals surface area contributed by atoms with Crippen LogP contribution in [0.25, 0.3) is 0 Å². The highest BCUT2D eigenvalue weighted by molar-refractivity contribution is 7.89. The molecular weight excluding hydrogens is 379 g/mol. The second-order valence-corrected chi connectivity index (χ2v) is 9.39. The number of nitrogens with zero attached hydrogens (tertiary/aromatic N) is 1. The van der Waals surface area contributed by atoms with Crippen molar-refractivity contribution in [1.82, 2.24) is 9.62 Å². The van der Waals surface area contributed by atoms with Crippen molar-refractivity contribution >= 4 is 15.9 Å². The van der Waals surface area contributed by atoms with Crippen LogP contribution in [0, 0.1) is 11.7 Å². The molecule has 1 N–H and O–H groups in total. The van der Waals surface area contributed by atoms with E-state index in [2.05, 4.69) is 19.2 Å². The maximum absolute atomic E-state index is 13.0. The molecule has 0 saturated carbocycles. The van der Waals surface area contributed by atoms with Crippen molar-refractivity contribution in [3.05, 3.63) is 65.5 Å². The Morgan fingerprint density at radius 2 is 1.61 bits per heavy atom. The number of carbonyl (C=O) groups is 1. The Kier molecular flexibility index (Phi) is 7.32. The lowest BCUT2D eigenvalue weighted by molar-refractivity contribution is -0.121. The molecule has 28 heavy (non-hydrogen) atoms. The zero-order valence-corrected chi connectivity index (χ0v) is 17.5. The van der Waals surface area contributed by atoms with Gasteiger partial charge in [-0.1, -0.05) is 38.1 Å². The van der Waals surface area contributed by atoms with Crippen LogP contribution >= 0.6 is 0 Å². The summed E-state index contributed by atoms with van der Waals surface area (Å²) in [5.74, 6) is -0.360. The van der Waals surface area contributed by atoms with Gasteiger partial charge in [-0.15, -0.1) is 0 Å². The number of sulfonamides is 1. The molecule has 2 rings (SSSR count). The van der Waals surface area contributed by atoms with Crippen LogP contribution in [0.15, 0.2) is 53.4 Å². The molecule has 7 heteroatoms. The molecule has 0 bridgehead atoms. The Morgan fingerprint density at radius 3 is 2.14 bits per heavy atom. The summed E-state index contributed by atoms with van der Waals surface area (Å²) in [6.07, 6.45) is 0.993. The number of hydrogen-bond acceptors (Lipinski definition) is 3. The van der Waals surface area contributed by atoms with Gasteiger partial charge in [0.2, 0.25) is 15.9 Å². The molecule has 1 amide bonds. The number of hydrogen-bond donors (Lipinski definition) is 1. The van der Waals surface area contributed by atoms with Gasteiger partial charge in [0.05, 0.1) is 17.5 Å². The van der Waals surface area contributed by atoms with Crippen molar-refractivity contribution < 1.29 is 17.6 Å². The highest BCUT2D eigenvalue weighted by Crippen LogP contribution is 2.17. The first-order valence-electron chi connectivity index (χ1n) is 9.19. The molecule has 0 unspecified atom stereocenters. The second-order valence-electron chi connectivity index (χ2n) is 7.34. The van der Waals surface area contributed by atoms with Gasteiger partial charge in [0.25, 0.3) is 0 Å². The number of benzene rings is 2. The molecular formula is C21H27FN2O3S. The zero-order chi connectivity index (χ0) is 20.9. The smallest absolute Gasteiger partial charge is 0.243 e. The molecule has 2 aromatic carbocycles. The van der Waals surface area contributed by atoms with Crippen molar-refractivity contribution in [2.45, 2.75) is 38.1 Å². The van der Waals surface area contributed by atoms with Gasteiger partial charge >= 0.3 is 0 Å². The summed E-state index contributed by atoms with van der Waals surface area (Å²) in [5.41, 5.74) is 2.19. The first-order valence-corrected chi connectivity index (χ1v) is 10.6. The molecule has 2 aromatic rings. The first-order chi connectivity index (χ1) is 13.1. The Balaban J connectivity index is 1.97. The molecule has 0 fully saturated rings. The third-order valence-corrected chi connectivity index (χ3v) is 6.21. The van der Waals surface area contributed by atoms with Crippen LogP contribution in [0.2, 0.25) is 0 Å². The van der Waals surface area contributed by atoms with E-state index in [4.69, 9.17) is 0 Å². The zero-order valence-electron chi connectivity index (χ0n) is 16.6. The summed E-state index contributed by atoms with van der Waals surface area (Å²) in [6.45, 7) is 5.85. The van der Waals surface area contributed by atoms with Gasteiger partial charge < -0.3 is 5.32 Å². The molecule has 0 heterocycles. The minimum absolute atomic E-state index is 0.0574. The molecule has 152 valence electrons. The van der Waals surface area contributed by atoms with E-state index in [9.17, 15) is 17.6 Å². The molecule has 0 spiro atoms. The SMILES string of the molecule is CC(C)Cc1ccc([C@@H](C)NC(=O)CN(C)S(=O)(=O)c2ccc(F)cc2)cc1. The summed E-state index contributed by atoms with van der Waals surface area (Å²) < 4.78 is 38.9. The summed E-state index contributed by atoms with van der Waals surface area (Å²) >= 11 is 0. The minimum Gasteiger partial charge on any atom is -0.348 e. The largest absolute Gasteiger partial charge is 0.348 e. The van der Waals surface area contributed by atoms with Crippen molar-refractivity contribution in [2.24, 2.45) is 5.92 Å². The van der Waals surface area contributed by atoms with Gasteiger partial charge in [-0.2, -0.15) is 4.31 Å². The van der Waals surface area contributed by atoms with Crippen LogP contribution in [0.3, 0.4) is 0 Å². The van der Waals surface area contributed by atoms with E-state index in [1.54, 1.807) is 0 Å². The molecule has 1 atom stereocenters. The van der Waals surface area contributed by atoms with Crippen molar-refractivity contribution in [3.8, 4) is 0 Å². The fourth-order valence-electron chi connectivity index (χ4n) is 2.86. The van der Waals surface area contributed by atoms with Gasteiger partial charge in [0.1, 0.15) is 5.82 Å². The average Bonchev–Trinajstić information content (AvgIpc) is 2.62. The van der Waals surface area contributed by atoms with Gasteiger partial charge in [-0.3, -0.25) is 4.79 Å². The second kappa shape index (κ2) is 9.30. The fourth-order valence-corrected chi connectivity index (χ4v) is 3.99. The molecule has 0 aliphatic carbocycles. The third kappa shape index (κ3) is 5.87. The maximum Gasteiger partial charge on any atom is 0.243 e. The van der Waals surface area contributed by atoms with Gasteiger partial charge in [-0.05, 0) is 54.7 Å². The van der Waals surface area contributed by atoms with E-state index in [1.165, 1.54) is 24.7 Å². The molecule has 0 saturated heterocycles. The summed E-state index contributed by atoms with van der Waals surface area (Å²) in [6, 6.07) is 12.3. The quantitative estimate of drug-likeness (QED) is 0.729. The first kappa shape index (κ1) is 22.0. The van der Waals surface area contributed by atoms with Crippen LogP contribution in [0.4, 0.5) is 4.39 Å². The minimum atomic E-state index is -3.86. The number of likely N-dealkylation sites (N-methyl/N-ethyl adjacent to an activating group) is 1. The topological polar surface area (TPSA) is 66.5 Å². The lowest BCUT2D eigenvalue weighted by atomic mass is 10.00. The third-order valence-electron chi connectivity index (χ3n) is 4.39. The van der Waals surface area contributed by atoms with Crippen LogP contribution in [0.5, 0.6) is 0 Å². The highest BCUT2D eigenvalue weighted by Gasteiger charge is 2.23. The van der Waals surface area contributed by atoms with Crippen LogP contribution < -0.4 is 5.32 Å². The number of nitrogens with one attached hydrogen (secondary N) is 1. The Bertz CT molecular complexity index is 894. The van der Waals surface area contributed by atoms with Crippen LogP contribution in [-0.2, 0) is 21.2 Å². The molecule has 0 aromatic heterocycles. The molecule has 5 nitrogen and oxygen atoms in total. The molecule has 0 aliphatic rings. The summed E-state index contributed by atoms with van der Waals surface area (Å²) in [7, 11) is -2.54. The average molecular weight is 407 g/mol. The lowest BCUT2D eigenvalue weighted by Crippen LogP contribution is -2.39. The van der Waals surface area contributed by atoms with E-state index in [1.807, 2.05) is 31.2 Å². The summed E-state index contributed by atoms with van der Waals surface area (Å²) in [5, 5.41) is 2.81. The van der Waals surface area contributed by atoms with Gasteiger partial charge in [0.15, 0.2) is 0 Å². The fraction of sp³-hybridized carbons (Fsp3) is 0.381. The van der Waals surface area contributed by atoms with E-state index in [0.717, 1.165) is 28.4 Å². The van der Waals surface area contributed by atoms with Crippen LogP contribution in [0.1, 0.15) is 37.9 Å². The van der Waals surface area contributed by atoms with Gasteiger partial charge in [0, 0.05) is 7.05 Å². The van der Waals surface area contributed by atoms with Gasteiger partial charge in [-0.25, -0.2) is 12.8 Å². The lowest BCUT2D eigenvalue weighted by Gasteiger charge is -2.19. The molecule has 0 radical (unpaired) electrons. The molecule has 0 aliphatic heterocycles. The van der Waals surface area contributed by atoms with Crippen molar-refractivity contribution in [1.29, 1.82) is 0 Å². The Hall–Kier alpha value is -2.25.